The minimum absolute atomic E-state index is 0.0678. The number of ether oxygens (including phenoxy) is 1. The lowest BCUT2D eigenvalue weighted by Crippen LogP contribution is -2.26. The third kappa shape index (κ3) is 3.67. The first kappa shape index (κ1) is 13.4. The van der Waals surface area contributed by atoms with Gasteiger partial charge < -0.3 is 15.2 Å². The van der Waals surface area contributed by atoms with Crippen molar-refractivity contribution in [3.05, 3.63) is 17.8 Å². The number of nitrogens with one attached hydrogen (secondary N) is 1. The number of aromatic nitrogens is 2. The maximum absolute atomic E-state index is 11.1. The number of hydrogen-bond acceptors (Lipinski definition) is 6. The first-order valence-electron chi connectivity index (χ1n) is 5.38. The molecule has 0 aromatic carbocycles. The van der Waals surface area contributed by atoms with Gasteiger partial charge in [0.1, 0.15) is 5.82 Å². The number of carbonyl (C=O) groups is 1. The van der Waals surface area contributed by atoms with E-state index in [1.54, 1.807) is 6.07 Å². The molecular formula is C11H17N3O3. The molecule has 0 aliphatic rings. The monoisotopic (exact) mass is 239 g/mol. The Balaban J connectivity index is 2.65. The number of anilines is 1. The molecule has 17 heavy (non-hydrogen) atoms. The zero-order chi connectivity index (χ0) is 12.8. The third-order valence-corrected chi connectivity index (χ3v) is 2.58. The van der Waals surface area contributed by atoms with Crippen LogP contribution in [0.15, 0.2) is 12.1 Å². The van der Waals surface area contributed by atoms with Crippen LogP contribution in [0, 0.1) is 5.92 Å². The average molecular weight is 239 g/mol. The second kappa shape index (κ2) is 6.15. The van der Waals surface area contributed by atoms with Crippen molar-refractivity contribution in [2.24, 2.45) is 5.92 Å². The van der Waals surface area contributed by atoms with Crippen LogP contribution in [0.5, 0.6) is 0 Å². The molecule has 6 nitrogen and oxygen atoms in total. The summed E-state index contributed by atoms with van der Waals surface area (Å²) in [5, 5.41) is 19.7. The van der Waals surface area contributed by atoms with Crippen LogP contribution >= 0.6 is 0 Å². The molecule has 2 atom stereocenters. The molecule has 0 radical (unpaired) electrons. The predicted octanol–water partition coefficient (Wildman–Crippen LogP) is 0.692. The number of carbonyl (C=O) groups excluding carboxylic acids is 1. The smallest absolute Gasteiger partial charge is 0.358 e. The minimum Gasteiger partial charge on any atom is -0.464 e. The number of aliphatic hydroxyl groups is 1. The largest absolute Gasteiger partial charge is 0.464 e. The zero-order valence-corrected chi connectivity index (χ0v) is 10.2. The number of nitrogens with zero attached hydrogens (tertiary/aromatic N) is 2. The molecular weight excluding hydrogens is 222 g/mol. The number of aliphatic hydroxyl groups excluding tert-OH is 1. The summed E-state index contributed by atoms with van der Waals surface area (Å²) in [6.45, 7) is 3.96. The molecule has 6 heteroatoms. The van der Waals surface area contributed by atoms with Gasteiger partial charge in [-0.25, -0.2) is 4.79 Å². The molecule has 1 aromatic rings. The van der Waals surface area contributed by atoms with E-state index in [0.29, 0.717) is 5.82 Å². The Morgan fingerprint density at radius 1 is 1.47 bits per heavy atom. The van der Waals surface area contributed by atoms with E-state index in [1.807, 2.05) is 13.8 Å². The van der Waals surface area contributed by atoms with Gasteiger partial charge in [0, 0.05) is 12.6 Å². The Morgan fingerprint density at radius 3 is 2.65 bits per heavy atom. The quantitative estimate of drug-likeness (QED) is 0.735. The van der Waals surface area contributed by atoms with E-state index in [4.69, 9.17) is 5.11 Å². The van der Waals surface area contributed by atoms with Crippen LogP contribution in [-0.2, 0) is 4.74 Å². The van der Waals surface area contributed by atoms with Gasteiger partial charge in [-0.05, 0) is 25.0 Å². The summed E-state index contributed by atoms with van der Waals surface area (Å²) < 4.78 is 4.52. The lowest BCUT2D eigenvalue weighted by molar-refractivity contribution is 0.0593. The minimum atomic E-state index is -0.513. The Hall–Kier alpha value is -1.69. The molecule has 0 fully saturated rings. The standard InChI is InChI=1S/C11H17N3O3/c1-7(6-15)8(2)12-10-5-4-9(13-14-10)11(16)17-3/h4-5,7-8,15H,6H2,1-3H3,(H,12,14). The second-order valence-corrected chi connectivity index (χ2v) is 3.89. The summed E-state index contributed by atoms with van der Waals surface area (Å²) in [5.74, 6) is 0.156. The van der Waals surface area contributed by atoms with Crippen molar-refractivity contribution < 1.29 is 14.6 Å². The van der Waals surface area contributed by atoms with Crippen molar-refractivity contribution in [1.82, 2.24) is 10.2 Å². The fourth-order valence-corrected chi connectivity index (χ4v) is 1.16. The molecule has 0 saturated carbocycles. The van der Waals surface area contributed by atoms with Crippen LogP contribution in [0.4, 0.5) is 5.82 Å². The first-order chi connectivity index (χ1) is 8.08. The average Bonchev–Trinajstić information content (AvgIpc) is 2.37. The molecule has 1 rings (SSSR count). The van der Waals surface area contributed by atoms with Gasteiger partial charge in [0.25, 0.3) is 0 Å². The summed E-state index contributed by atoms with van der Waals surface area (Å²) in [6, 6.07) is 3.26. The Kier molecular flexibility index (Phi) is 4.84. The lowest BCUT2D eigenvalue weighted by Gasteiger charge is -2.19. The van der Waals surface area contributed by atoms with Crippen LogP contribution in [0.25, 0.3) is 0 Å². The molecule has 94 valence electrons. The van der Waals surface area contributed by atoms with E-state index >= 15 is 0 Å². The van der Waals surface area contributed by atoms with Gasteiger partial charge >= 0.3 is 5.97 Å². The summed E-state index contributed by atoms with van der Waals surface area (Å²) in [6.07, 6.45) is 0. The van der Waals surface area contributed by atoms with Crippen molar-refractivity contribution in [3.8, 4) is 0 Å². The lowest BCUT2D eigenvalue weighted by atomic mass is 10.1. The van der Waals surface area contributed by atoms with Gasteiger partial charge in [-0.1, -0.05) is 6.92 Å². The Morgan fingerprint density at radius 2 is 2.18 bits per heavy atom. The molecule has 0 aliphatic carbocycles. The topological polar surface area (TPSA) is 84.3 Å². The van der Waals surface area contributed by atoms with Crippen LogP contribution in [0.2, 0.25) is 0 Å². The third-order valence-electron chi connectivity index (χ3n) is 2.58. The molecule has 0 bridgehead atoms. The van der Waals surface area contributed by atoms with Gasteiger partial charge in [0.15, 0.2) is 5.69 Å². The van der Waals surface area contributed by atoms with Crippen molar-refractivity contribution in [3.63, 3.8) is 0 Å². The van der Waals surface area contributed by atoms with Gasteiger partial charge in [-0.2, -0.15) is 0 Å². The van der Waals surface area contributed by atoms with E-state index in [1.165, 1.54) is 13.2 Å². The fraction of sp³-hybridized carbons (Fsp3) is 0.545. The SMILES string of the molecule is COC(=O)c1ccc(NC(C)C(C)CO)nn1. The summed E-state index contributed by atoms with van der Waals surface area (Å²) in [4.78, 5) is 11.1. The number of methoxy groups -OCH3 is 1. The summed E-state index contributed by atoms with van der Waals surface area (Å²) in [5.41, 5.74) is 0.168. The van der Waals surface area contributed by atoms with Crippen molar-refractivity contribution in [2.45, 2.75) is 19.9 Å². The Labute approximate surface area is 100 Å². The highest BCUT2D eigenvalue weighted by Crippen LogP contribution is 2.09. The molecule has 2 N–H and O–H groups in total. The highest BCUT2D eigenvalue weighted by atomic mass is 16.5. The fourth-order valence-electron chi connectivity index (χ4n) is 1.16. The number of esters is 1. The first-order valence-corrected chi connectivity index (χ1v) is 5.38. The molecule has 0 spiro atoms. The summed E-state index contributed by atoms with van der Waals surface area (Å²) in [7, 11) is 1.29. The molecule has 1 heterocycles. The van der Waals surface area contributed by atoms with Crippen LogP contribution in [0.1, 0.15) is 24.3 Å². The van der Waals surface area contributed by atoms with E-state index < -0.39 is 5.97 Å². The van der Waals surface area contributed by atoms with Crippen LogP contribution in [-0.4, -0.2) is 41.0 Å². The van der Waals surface area contributed by atoms with Crippen LogP contribution in [0.3, 0.4) is 0 Å². The van der Waals surface area contributed by atoms with Gasteiger partial charge in [-0.15, -0.1) is 10.2 Å². The maximum Gasteiger partial charge on any atom is 0.358 e. The second-order valence-electron chi connectivity index (χ2n) is 3.89. The number of hydrogen-bond donors (Lipinski definition) is 2. The normalized spacial score (nSPS) is 13.9. The van der Waals surface area contributed by atoms with E-state index in [9.17, 15) is 4.79 Å². The van der Waals surface area contributed by atoms with E-state index in [0.717, 1.165) is 0 Å². The van der Waals surface area contributed by atoms with E-state index in [2.05, 4.69) is 20.3 Å². The van der Waals surface area contributed by atoms with Crippen molar-refractivity contribution in [2.75, 3.05) is 19.0 Å². The maximum atomic E-state index is 11.1. The Bertz CT molecular complexity index is 367. The highest BCUT2D eigenvalue weighted by molar-refractivity contribution is 5.86. The molecule has 0 saturated heterocycles. The zero-order valence-electron chi connectivity index (χ0n) is 10.2. The van der Waals surface area contributed by atoms with Gasteiger partial charge in [-0.3, -0.25) is 0 Å². The van der Waals surface area contributed by atoms with Gasteiger partial charge in [0.05, 0.1) is 7.11 Å². The molecule has 0 aliphatic heterocycles. The molecule has 1 aromatic heterocycles. The van der Waals surface area contributed by atoms with Gasteiger partial charge in [0.2, 0.25) is 0 Å². The van der Waals surface area contributed by atoms with Crippen molar-refractivity contribution in [1.29, 1.82) is 0 Å². The number of rotatable bonds is 5. The molecule has 0 amide bonds. The molecule has 2 unspecified atom stereocenters. The highest BCUT2D eigenvalue weighted by Gasteiger charge is 2.12. The van der Waals surface area contributed by atoms with E-state index in [-0.39, 0.29) is 24.3 Å². The van der Waals surface area contributed by atoms with Crippen LogP contribution < -0.4 is 5.32 Å². The van der Waals surface area contributed by atoms with Crippen molar-refractivity contribution >= 4 is 11.8 Å². The summed E-state index contributed by atoms with van der Waals surface area (Å²) >= 11 is 0. The predicted molar refractivity (Wildman–Crippen MR) is 62.7 cm³/mol.